The average Bonchev–Trinajstić information content (AvgIpc) is 2.72. The fourth-order valence-electron chi connectivity index (χ4n) is 6.84. The van der Waals surface area contributed by atoms with Crippen LogP contribution in [0.2, 0.25) is 0 Å². The molecular weight excluding hydrogens is 398 g/mol. The van der Waals surface area contributed by atoms with E-state index in [0.717, 1.165) is 63.1 Å². The number of allylic oxidation sites excluding steroid dienone is 3. The van der Waals surface area contributed by atoms with E-state index in [1.165, 1.54) is 36.5 Å². The summed E-state index contributed by atoms with van der Waals surface area (Å²) in [6, 6.07) is 6.36. The summed E-state index contributed by atoms with van der Waals surface area (Å²) in [4.78, 5) is 14.9. The molecule has 1 heterocycles. The first-order valence-corrected chi connectivity index (χ1v) is 12.5. The first-order valence-electron chi connectivity index (χ1n) is 12.5. The lowest BCUT2D eigenvalue weighted by Gasteiger charge is -2.64. The molecular formula is C28H37NO3. The molecule has 2 bridgehead atoms. The van der Waals surface area contributed by atoms with Gasteiger partial charge in [0.25, 0.3) is 0 Å². The first-order chi connectivity index (χ1) is 15.4. The maximum atomic E-state index is 12.3. The number of aliphatic hydroxyl groups is 1. The predicted octanol–water partition coefficient (Wildman–Crippen LogP) is 5.09. The second kappa shape index (κ2) is 8.46. The number of likely N-dealkylation sites (tertiary alicyclic amines) is 1. The van der Waals surface area contributed by atoms with Crippen LogP contribution in [-0.2, 0) is 16.6 Å². The van der Waals surface area contributed by atoms with Crippen LogP contribution in [0.5, 0.6) is 5.75 Å². The van der Waals surface area contributed by atoms with Crippen molar-refractivity contribution in [3.63, 3.8) is 0 Å². The third-order valence-electron chi connectivity index (χ3n) is 8.67. The number of ether oxygens (including phenoxy) is 1. The quantitative estimate of drug-likeness (QED) is 0.303. The highest BCUT2D eigenvalue weighted by atomic mass is 16.5. The number of hydrogen-bond acceptors (Lipinski definition) is 4. The molecule has 4 heteroatoms. The van der Waals surface area contributed by atoms with Crippen LogP contribution >= 0.6 is 0 Å². The molecule has 5 rings (SSSR count). The summed E-state index contributed by atoms with van der Waals surface area (Å²) in [5.74, 6) is 1.05. The molecule has 4 aliphatic rings. The van der Waals surface area contributed by atoms with Crippen molar-refractivity contribution >= 4 is 5.97 Å². The fourth-order valence-corrected chi connectivity index (χ4v) is 6.84. The van der Waals surface area contributed by atoms with E-state index in [1.807, 2.05) is 26.0 Å². The van der Waals surface area contributed by atoms with Crippen molar-refractivity contribution in [1.29, 1.82) is 0 Å². The Hall–Kier alpha value is -1.91. The molecule has 0 radical (unpaired) electrons. The molecule has 0 amide bonds. The number of benzene rings is 1. The number of carbonyl (C=O) groups is 1. The molecule has 0 unspecified atom stereocenters. The lowest BCUT2D eigenvalue weighted by atomic mass is 9.49. The van der Waals surface area contributed by atoms with Crippen LogP contribution in [0.3, 0.4) is 0 Å². The third kappa shape index (κ3) is 3.66. The summed E-state index contributed by atoms with van der Waals surface area (Å²) in [5, 5.41) is 12.3. The van der Waals surface area contributed by atoms with E-state index in [4.69, 9.17) is 4.74 Å². The Morgan fingerprint density at radius 1 is 1.19 bits per heavy atom. The lowest BCUT2D eigenvalue weighted by molar-refractivity contribution is -0.169. The molecule has 1 aliphatic heterocycles. The molecule has 4 nitrogen and oxygen atoms in total. The van der Waals surface area contributed by atoms with Crippen LogP contribution in [0.4, 0.5) is 0 Å². The van der Waals surface area contributed by atoms with Gasteiger partial charge in [0.2, 0.25) is 0 Å². The summed E-state index contributed by atoms with van der Waals surface area (Å²) in [6.07, 6.45) is 15.2. The Labute approximate surface area is 192 Å². The fraction of sp³-hybridized carbons (Fsp3) is 0.607. The van der Waals surface area contributed by atoms with Crippen LogP contribution in [0.1, 0.15) is 76.3 Å². The zero-order valence-corrected chi connectivity index (χ0v) is 19.6. The van der Waals surface area contributed by atoms with Crippen molar-refractivity contribution in [2.24, 2.45) is 5.92 Å². The second-order valence-electron chi connectivity index (χ2n) is 10.8. The van der Waals surface area contributed by atoms with E-state index in [-0.39, 0.29) is 17.4 Å². The summed E-state index contributed by atoms with van der Waals surface area (Å²) in [6.45, 7) is 6.20. The molecule has 1 aromatic carbocycles. The highest BCUT2D eigenvalue weighted by Gasteiger charge is 2.63. The number of carbonyl (C=O) groups excluding carboxylic acids is 1. The zero-order chi connectivity index (χ0) is 22.3. The molecule has 0 spiro atoms. The van der Waals surface area contributed by atoms with Crippen molar-refractivity contribution in [2.75, 3.05) is 13.1 Å². The van der Waals surface area contributed by atoms with Crippen LogP contribution in [-0.4, -0.2) is 40.7 Å². The summed E-state index contributed by atoms with van der Waals surface area (Å²) >= 11 is 0. The molecule has 1 saturated heterocycles. The Morgan fingerprint density at radius 3 is 2.75 bits per heavy atom. The molecule has 3 aliphatic carbocycles. The van der Waals surface area contributed by atoms with Crippen LogP contribution in [0.15, 0.2) is 42.0 Å². The number of rotatable bonds is 5. The van der Waals surface area contributed by atoms with E-state index in [1.54, 1.807) is 6.08 Å². The van der Waals surface area contributed by atoms with E-state index in [2.05, 4.69) is 17.0 Å². The van der Waals surface area contributed by atoms with Gasteiger partial charge in [-0.2, -0.15) is 0 Å². The van der Waals surface area contributed by atoms with Gasteiger partial charge in [-0.15, -0.1) is 0 Å². The predicted molar refractivity (Wildman–Crippen MR) is 127 cm³/mol. The van der Waals surface area contributed by atoms with Gasteiger partial charge in [-0.25, -0.2) is 4.79 Å². The highest BCUT2D eigenvalue weighted by molar-refractivity contribution is 5.84. The van der Waals surface area contributed by atoms with Crippen molar-refractivity contribution in [2.45, 2.75) is 88.7 Å². The van der Waals surface area contributed by atoms with Gasteiger partial charge in [-0.3, -0.25) is 4.90 Å². The number of esters is 1. The maximum absolute atomic E-state index is 12.3. The molecule has 0 aromatic heterocycles. The monoisotopic (exact) mass is 435 g/mol. The molecule has 1 N–H and O–H groups in total. The Bertz CT molecular complexity index is 942. The molecule has 3 atom stereocenters. The van der Waals surface area contributed by atoms with E-state index in [9.17, 15) is 9.90 Å². The summed E-state index contributed by atoms with van der Waals surface area (Å²) < 4.78 is 5.66. The smallest absolute Gasteiger partial charge is 0.336 e. The SMILES string of the molecule is CC(C)=C/C=C/C(=O)Oc1ccc2c(c1)[C@@]13CCCC[C@@]1(O)[C@@H](C2)N(CC1CCC1)CC3. The van der Waals surface area contributed by atoms with Gasteiger partial charge in [-0.1, -0.05) is 43.1 Å². The summed E-state index contributed by atoms with van der Waals surface area (Å²) in [5.41, 5.74) is 2.82. The number of piperidine rings is 1. The van der Waals surface area contributed by atoms with Gasteiger partial charge in [0.05, 0.1) is 5.60 Å². The van der Waals surface area contributed by atoms with E-state index in [0.29, 0.717) is 5.75 Å². The van der Waals surface area contributed by atoms with Gasteiger partial charge >= 0.3 is 5.97 Å². The number of hydrogen-bond donors (Lipinski definition) is 1. The van der Waals surface area contributed by atoms with E-state index < -0.39 is 5.60 Å². The molecule has 2 saturated carbocycles. The van der Waals surface area contributed by atoms with Gasteiger partial charge in [0, 0.05) is 24.1 Å². The van der Waals surface area contributed by atoms with Gasteiger partial charge in [-0.05, 0) is 88.1 Å². The van der Waals surface area contributed by atoms with Gasteiger partial charge in [0.1, 0.15) is 5.75 Å². The lowest BCUT2D eigenvalue weighted by Crippen LogP contribution is -2.72. The largest absolute Gasteiger partial charge is 0.423 e. The van der Waals surface area contributed by atoms with Crippen molar-refractivity contribution < 1.29 is 14.6 Å². The minimum atomic E-state index is -0.674. The van der Waals surface area contributed by atoms with Crippen LogP contribution < -0.4 is 4.74 Å². The molecule has 1 aromatic rings. The van der Waals surface area contributed by atoms with Crippen LogP contribution in [0, 0.1) is 5.92 Å². The van der Waals surface area contributed by atoms with Gasteiger partial charge < -0.3 is 9.84 Å². The molecule has 172 valence electrons. The Balaban J connectivity index is 1.44. The second-order valence-corrected chi connectivity index (χ2v) is 10.8. The van der Waals surface area contributed by atoms with Gasteiger partial charge in [0.15, 0.2) is 0 Å². The van der Waals surface area contributed by atoms with Crippen molar-refractivity contribution in [1.82, 2.24) is 4.90 Å². The number of nitrogens with zero attached hydrogens (tertiary/aromatic N) is 1. The standard InChI is InChI=1S/C28H37NO3/c1-20(2)7-5-10-26(30)32-23-12-11-22-17-25-28(31)14-4-3-13-27(28,24(22)18-23)15-16-29(25)19-21-8-6-9-21/h5,7,10-12,18,21,25,31H,3-4,6,8-9,13-17,19H2,1-2H3/b10-5+/t25-,27+,28-/m1/s1. The minimum Gasteiger partial charge on any atom is -0.423 e. The summed E-state index contributed by atoms with van der Waals surface area (Å²) in [7, 11) is 0. The molecule has 32 heavy (non-hydrogen) atoms. The van der Waals surface area contributed by atoms with Crippen LogP contribution in [0.25, 0.3) is 0 Å². The minimum absolute atomic E-state index is 0.208. The topological polar surface area (TPSA) is 49.8 Å². The number of fused-ring (bicyclic) bond motifs is 1. The molecule has 3 fully saturated rings. The maximum Gasteiger partial charge on any atom is 0.336 e. The highest BCUT2D eigenvalue weighted by Crippen LogP contribution is 2.58. The van der Waals surface area contributed by atoms with Crippen molar-refractivity contribution in [3.8, 4) is 5.75 Å². The zero-order valence-electron chi connectivity index (χ0n) is 19.6. The Kier molecular flexibility index (Phi) is 5.79. The average molecular weight is 436 g/mol. The third-order valence-corrected chi connectivity index (χ3v) is 8.67. The first kappa shape index (κ1) is 21.9. The van der Waals surface area contributed by atoms with Crippen molar-refractivity contribution in [3.05, 3.63) is 53.1 Å². The Morgan fingerprint density at radius 2 is 2.00 bits per heavy atom. The van der Waals surface area contributed by atoms with E-state index >= 15 is 0 Å². The normalized spacial score (nSPS) is 32.0.